The molecule has 0 aliphatic carbocycles. The molecule has 4 atom stereocenters. The molecule has 5 heteroatoms. The van der Waals surface area contributed by atoms with Crippen LogP contribution in [0.3, 0.4) is 0 Å². The van der Waals surface area contributed by atoms with Gasteiger partial charge >= 0.3 is 0 Å². The maximum atomic E-state index is 11.8. The van der Waals surface area contributed by atoms with Gasteiger partial charge in [-0.05, 0) is 6.42 Å². The highest BCUT2D eigenvalue weighted by Crippen LogP contribution is 2.20. The molecule has 0 aromatic carbocycles. The van der Waals surface area contributed by atoms with Gasteiger partial charge in [0.2, 0.25) is 5.91 Å². The van der Waals surface area contributed by atoms with Crippen molar-refractivity contribution >= 4 is 5.91 Å². The van der Waals surface area contributed by atoms with Gasteiger partial charge in [0.05, 0.1) is 18.8 Å². The van der Waals surface area contributed by atoms with Crippen LogP contribution in [-0.4, -0.2) is 47.1 Å². The molecule has 5 nitrogen and oxygen atoms in total. The number of aliphatic hydroxyl groups excluding tert-OH is 2. The molecule has 1 amide bonds. The summed E-state index contributed by atoms with van der Waals surface area (Å²) in [6.07, 6.45) is -1.63. The number of aliphatic hydroxyl groups is 2. The molecule has 0 aromatic rings. The van der Waals surface area contributed by atoms with Gasteiger partial charge in [-0.1, -0.05) is 27.7 Å². The van der Waals surface area contributed by atoms with Gasteiger partial charge < -0.3 is 20.3 Å². The Morgan fingerprint density at radius 3 is 2.41 bits per heavy atom. The minimum absolute atomic E-state index is 0.160. The standard InChI is InChI=1S/C12H23NO4/c1-5-8-10(15)9(14)7(6-17-8)13-11(16)12(2,3)4/h7-10,14-15H,5-6H2,1-4H3,(H,13,16)/t7-,8+,9+,10-/m0/s1. The summed E-state index contributed by atoms with van der Waals surface area (Å²) in [7, 11) is 0. The summed E-state index contributed by atoms with van der Waals surface area (Å²) in [6, 6.07) is -0.542. The van der Waals surface area contributed by atoms with E-state index in [0.29, 0.717) is 6.42 Å². The Morgan fingerprint density at radius 1 is 1.35 bits per heavy atom. The van der Waals surface area contributed by atoms with E-state index in [0.717, 1.165) is 0 Å². The van der Waals surface area contributed by atoms with Gasteiger partial charge in [-0.2, -0.15) is 0 Å². The van der Waals surface area contributed by atoms with Crippen LogP contribution >= 0.6 is 0 Å². The fourth-order valence-electron chi connectivity index (χ4n) is 1.75. The second-order valence-corrected chi connectivity index (χ2v) is 5.59. The number of amides is 1. The first-order chi connectivity index (χ1) is 7.77. The van der Waals surface area contributed by atoms with E-state index in [1.54, 1.807) is 20.8 Å². The highest BCUT2D eigenvalue weighted by Gasteiger charge is 2.39. The SMILES string of the molecule is CC[C@H]1OC[C@H](NC(=O)C(C)(C)C)[C@@H](O)[C@H]1O. The quantitative estimate of drug-likeness (QED) is 0.642. The van der Waals surface area contributed by atoms with Crippen molar-refractivity contribution < 1.29 is 19.7 Å². The van der Waals surface area contributed by atoms with E-state index in [2.05, 4.69) is 5.32 Å². The summed E-state index contributed by atoms with van der Waals surface area (Å²) in [4.78, 5) is 11.8. The zero-order valence-corrected chi connectivity index (χ0v) is 10.9. The Balaban J connectivity index is 2.60. The number of carbonyl (C=O) groups is 1. The Hall–Kier alpha value is -0.650. The smallest absolute Gasteiger partial charge is 0.225 e. The molecule has 1 fully saturated rings. The summed E-state index contributed by atoms with van der Waals surface area (Å²) >= 11 is 0. The summed E-state index contributed by atoms with van der Waals surface area (Å²) in [5.74, 6) is -0.160. The molecule has 1 aliphatic rings. The van der Waals surface area contributed by atoms with Gasteiger partial charge in [-0.15, -0.1) is 0 Å². The summed E-state index contributed by atoms with van der Waals surface area (Å²) in [5.41, 5.74) is -0.522. The molecular weight excluding hydrogens is 222 g/mol. The second kappa shape index (κ2) is 5.33. The molecule has 3 N–H and O–H groups in total. The maximum absolute atomic E-state index is 11.8. The van der Waals surface area contributed by atoms with Crippen molar-refractivity contribution in [2.24, 2.45) is 5.41 Å². The van der Waals surface area contributed by atoms with E-state index in [1.165, 1.54) is 0 Å². The lowest BCUT2D eigenvalue weighted by molar-refractivity contribution is -0.158. The van der Waals surface area contributed by atoms with Crippen LogP contribution in [-0.2, 0) is 9.53 Å². The number of rotatable bonds is 2. The number of carbonyl (C=O) groups excluding carboxylic acids is 1. The van der Waals surface area contributed by atoms with E-state index in [-0.39, 0.29) is 18.6 Å². The highest BCUT2D eigenvalue weighted by atomic mass is 16.5. The number of ether oxygens (including phenoxy) is 1. The van der Waals surface area contributed by atoms with Crippen LogP contribution < -0.4 is 5.32 Å². The van der Waals surface area contributed by atoms with Gasteiger partial charge in [0.1, 0.15) is 12.2 Å². The Kier molecular flexibility index (Phi) is 4.52. The van der Waals surface area contributed by atoms with E-state index >= 15 is 0 Å². The van der Waals surface area contributed by atoms with E-state index in [1.807, 2.05) is 6.92 Å². The Labute approximate surface area is 102 Å². The maximum Gasteiger partial charge on any atom is 0.225 e. The summed E-state index contributed by atoms with van der Waals surface area (Å²) < 4.78 is 5.41. The topological polar surface area (TPSA) is 78.8 Å². The largest absolute Gasteiger partial charge is 0.388 e. The molecule has 0 saturated carbocycles. The minimum atomic E-state index is -0.972. The predicted molar refractivity (Wildman–Crippen MR) is 63.4 cm³/mol. The molecule has 1 rings (SSSR count). The van der Waals surface area contributed by atoms with Crippen LogP contribution in [0.5, 0.6) is 0 Å². The molecule has 1 heterocycles. The molecule has 0 bridgehead atoms. The first-order valence-electron chi connectivity index (χ1n) is 6.06. The van der Waals surface area contributed by atoms with Crippen molar-refractivity contribution in [1.29, 1.82) is 0 Å². The van der Waals surface area contributed by atoms with Crippen molar-refractivity contribution in [2.75, 3.05) is 6.61 Å². The van der Waals surface area contributed by atoms with E-state index < -0.39 is 23.7 Å². The lowest BCUT2D eigenvalue weighted by Crippen LogP contribution is -2.60. The molecular formula is C12H23NO4. The highest BCUT2D eigenvalue weighted by molar-refractivity contribution is 5.81. The van der Waals surface area contributed by atoms with E-state index in [9.17, 15) is 15.0 Å². The second-order valence-electron chi connectivity index (χ2n) is 5.59. The lowest BCUT2D eigenvalue weighted by atomic mass is 9.92. The lowest BCUT2D eigenvalue weighted by Gasteiger charge is -2.38. The average Bonchev–Trinajstić information content (AvgIpc) is 2.23. The Morgan fingerprint density at radius 2 is 1.94 bits per heavy atom. The molecule has 1 saturated heterocycles. The molecule has 0 unspecified atom stereocenters. The molecule has 0 radical (unpaired) electrons. The predicted octanol–water partition coefficient (Wildman–Crippen LogP) is 0.0479. The third-order valence-corrected chi connectivity index (χ3v) is 3.03. The van der Waals surface area contributed by atoms with Crippen LogP contribution in [0.1, 0.15) is 34.1 Å². The third-order valence-electron chi connectivity index (χ3n) is 3.03. The van der Waals surface area contributed by atoms with Gasteiger partial charge in [0, 0.05) is 5.41 Å². The van der Waals surface area contributed by atoms with Crippen molar-refractivity contribution in [1.82, 2.24) is 5.32 Å². The van der Waals surface area contributed by atoms with Crippen LogP contribution in [0.2, 0.25) is 0 Å². The normalized spacial score (nSPS) is 34.5. The van der Waals surface area contributed by atoms with Gasteiger partial charge in [0.25, 0.3) is 0 Å². The monoisotopic (exact) mass is 245 g/mol. The van der Waals surface area contributed by atoms with Crippen LogP contribution in [0.4, 0.5) is 0 Å². The van der Waals surface area contributed by atoms with Crippen molar-refractivity contribution in [3.05, 3.63) is 0 Å². The van der Waals surface area contributed by atoms with Crippen molar-refractivity contribution in [3.63, 3.8) is 0 Å². The number of hydrogen-bond donors (Lipinski definition) is 3. The third kappa shape index (κ3) is 3.40. The van der Waals surface area contributed by atoms with E-state index in [4.69, 9.17) is 4.74 Å². The molecule has 0 spiro atoms. The molecule has 1 aliphatic heterocycles. The first-order valence-corrected chi connectivity index (χ1v) is 6.06. The van der Waals surface area contributed by atoms with Gasteiger partial charge in [-0.3, -0.25) is 4.79 Å². The number of nitrogens with one attached hydrogen (secondary N) is 1. The van der Waals surface area contributed by atoms with Gasteiger partial charge in [0.15, 0.2) is 0 Å². The van der Waals surface area contributed by atoms with Crippen LogP contribution in [0.15, 0.2) is 0 Å². The first kappa shape index (κ1) is 14.4. The minimum Gasteiger partial charge on any atom is -0.388 e. The van der Waals surface area contributed by atoms with Crippen LogP contribution in [0.25, 0.3) is 0 Å². The molecule has 17 heavy (non-hydrogen) atoms. The van der Waals surface area contributed by atoms with Gasteiger partial charge in [-0.25, -0.2) is 0 Å². The fraction of sp³-hybridized carbons (Fsp3) is 0.917. The van der Waals surface area contributed by atoms with Crippen molar-refractivity contribution in [3.8, 4) is 0 Å². The Bertz CT molecular complexity index is 274. The van der Waals surface area contributed by atoms with Crippen LogP contribution in [0, 0.1) is 5.41 Å². The molecule has 100 valence electrons. The zero-order valence-electron chi connectivity index (χ0n) is 10.9. The average molecular weight is 245 g/mol. The fourth-order valence-corrected chi connectivity index (χ4v) is 1.75. The summed E-state index contributed by atoms with van der Waals surface area (Å²) in [6.45, 7) is 7.50. The summed E-state index contributed by atoms with van der Waals surface area (Å²) in [5, 5.41) is 22.4. The van der Waals surface area contributed by atoms with Crippen molar-refractivity contribution in [2.45, 2.75) is 58.5 Å². The molecule has 0 aromatic heterocycles. The zero-order chi connectivity index (χ0) is 13.2. The number of hydrogen-bond acceptors (Lipinski definition) is 4.